The van der Waals surface area contributed by atoms with Crippen LogP contribution >= 0.6 is 0 Å². The zero-order chi connectivity index (χ0) is 15.7. The van der Waals surface area contributed by atoms with Gasteiger partial charge in [-0.1, -0.05) is 20.8 Å². The topological polar surface area (TPSA) is 62.1 Å². The van der Waals surface area contributed by atoms with Gasteiger partial charge in [-0.05, 0) is 42.5 Å². The SMILES string of the molecule is CCCOC(=O)c1ccc(NCC(C)(C)CCC#N)cc1. The number of carbonyl (C=O) groups is 1. The first-order valence-corrected chi connectivity index (χ1v) is 7.36. The van der Waals surface area contributed by atoms with Crippen LogP contribution in [0.5, 0.6) is 0 Å². The van der Waals surface area contributed by atoms with Gasteiger partial charge in [-0.2, -0.15) is 5.26 Å². The lowest BCUT2D eigenvalue weighted by Crippen LogP contribution is -2.22. The molecule has 4 nitrogen and oxygen atoms in total. The number of ether oxygens (including phenoxy) is 1. The molecule has 0 aliphatic rings. The highest BCUT2D eigenvalue weighted by Crippen LogP contribution is 2.23. The number of hydrogen-bond donors (Lipinski definition) is 1. The third-order valence-electron chi connectivity index (χ3n) is 3.24. The summed E-state index contributed by atoms with van der Waals surface area (Å²) < 4.78 is 5.09. The molecule has 1 rings (SSSR count). The molecule has 0 fully saturated rings. The molecular formula is C17H24N2O2. The maximum absolute atomic E-state index is 11.7. The zero-order valence-corrected chi connectivity index (χ0v) is 13.1. The summed E-state index contributed by atoms with van der Waals surface area (Å²) in [4.78, 5) is 11.7. The van der Waals surface area contributed by atoms with Gasteiger partial charge in [0.2, 0.25) is 0 Å². The van der Waals surface area contributed by atoms with Gasteiger partial charge >= 0.3 is 5.97 Å². The molecule has 0 bridgehead atoms. The van der Waals surface area contributed by atoms with Gasteiger partial charge in [-0.15, -0.1) is 0 Å². The van der Waals surface area contributed by atoms with Gasteiger partial charge in [0, 0.05) is 18.7 Å². The van der Waals surface area contributed by atoms with E-state index in [2.05, 4.69) is 25.2 Å². The Kier molecular flexibility index (Phi) is 6.74. The molecule has 0 saturated carbocycles. The number of benzene rings is 1. The molecule has 0 saturated heterocycles. The Labute approximate surface area is 127 Å². The van der Waals surface area contributed by atoms with E-state index in [1.165, 1.54) is 0 Å². The Morgan fingerprint density at radius 2 is 2.00 bits per heavy atom. The van der Waals surface area contributed by atoms with E-state index >= 15 is 0 Å². The summed E-state index contributed by atoms with van der Waals surface area (Å²) in [6.07, 6.45) is 2.25. The van der Waals surface area contributed by atoms with Gasteiger partial charge in [0.15, 0.2) is 0 Å². The minimum absolute atomic E-state index is 0.0639. The van der Waals surface area contributed by atoms with Crippen molar-refractivity contribution in [1.82, 2.24) is 0 Å². The van der Waals surface area contributed by atoms with E-state index in [1.807, 2.05) is 19.1 Å². The van der Waals surface area contributed by atoms with Crippen molar-refractivity contribution in [3.8, 4) is 6.07 Å². The van der Waals surface area contributed by atoms with Crippen molar-refractivity contribution in [2.45, 2.75) is 40.0 Å². The van der Waals surface area contributed by atoms with E-state index in [0.29, 0.717) is 18.6 Å². The molecule has 21 heavy (non-hydrogen) atoms. The van der Waals surface area contributed by atoms with Crippen LogP contribution in [-0.2, 0) is 4.74 Å². The smallest absolute Gasteiger partial charge is 0.338 e. The number of rotatable bonds is 8. The van der Waals surface area contributed by atoms with Crippen LogP contribution in [-0.4, -0.2) is 19.1 Å². The second kappa shape index (κ2) is 8.31. The second-order valence-corrected chi connectivity index (χ2v) is 5.89. The molecule has 4 heteroatoms. The van der Waals surface area contributed by atoms with Crippen LogP contribution in [0.1, 0.15) is 50.4 Å². The summed E-state index contributed by atoms with van der Waals surface area (Å²) in [5.74, 6) is -0.280. The number of nitriles is 1. The number of carbonyl (C=O) groups excluding carboxylic acids is 1. The molecule has 0 radical (unpaired) electrons. The molecule has 0 aliphatic carbocycles. The van der Waals surface area contributed by atoms with Crippen molar-refractivity contribution >= 4 is 11.7 Å². The maximum atomic E-state index is 11.7. The Morgan fingerprint density at radius 3 is 2.57 bits per heavy atom. The molecular weight excluding hydrogens is 264 g/mol. The number of hydrogen-bond acceptors (Lipinski definition) is 4. The van der Waals surface area contributed by atoms with Crippen molar-refractivity contribution in [2.75, 3.05) is 18.5 Å². The molecule has 0 heterocycles. The van der Waals surface area contributed by atoms with E-state index in [9.17, 15) is 4.79 Å². The molecule has 114 valence electrons. The quantitative estimate of drug-likeness (QED) is 0.734. The van der Waals surface area contributed by atoms with Crippen LogP contribution < -0.4 is 5.32 Å². The van der Waals surface area contributed by atoms with E-state index in [1.54, 1.807) is 12.1 Å². The van der Waals surface area contributed by atoms with Gasteiger partial charge in [0.05, 0.1) is 18.2 Å². The first-order chi connectivity index (χ1) is 9.98. The number of esters is 1. The molecule has 1 aromatic carbocycles. The molecule has 0 unspecified atom stereocenters. The fourth-order valence-corrected chi connectivity index (χ4v) is 1.83. The molecule has 0 atom stereocenters. The molecule has 0 spiro atoms. The van der Waals surface area contributed by atoms with Gasteiger partial charge in [0.1, 0.15) is 0 Å². The average molecular weight is 288 g/mol. The van der Waals surface area contributed by atoms with Crippen molar-refractivity contribution < 1.29 is 9.53 Å². The lowest BCUT2D eigenvalue weighted by molar-refractivity contribution is 0.0505. The zero-order valence-electron chi connectivity index (χ0n) is 13.1. The van der Waals surface area contributed by atoms with E-state index in [4.69, 9.17) is 10.00 Å². The standard InChI is InChI=1S/C17H24N2O2/c1-4-12-21-16(20)14-6-8-15(9-7-14)19-13-17(2,3)10-5-11-18/h6-9,19H,4-5,10,12-13H2,1-3H3. The fraction of sp³-hybridized carbons (Fsp3) is 0.529. The molecule has 0 aromatic heterocycles. The van der Waals surface area contributed by atoms with Gasteiger partial charge in [0.25, 0.3) is 0 Å². The van der Waals surface area contributed by atoms with Crippen molar-refractivity contribution in [3.05, 3.63) is 29.8 Å². The van der Waals surface area contributed by atoms with Crippen molar-refractivity contribution in [2.24, 2.45) is 5.41 Å². The Balaban J connectivity index is 2.51. The Hall–Kier alpha value is -2.02. The Bertz CT molecular complexity index is 487. The van der Waals surface area contributed by atoms with Crippen LogP contribution in [0.25, 0.3) is 0 Å². The van der Waals surface area contributed by atoms with E-state index < -0.39 is 0 Å². The maximum Gasteiger partial charge on any atom is 0.338 e. The largest absolute Gasteiger partial charge is 0.462 e. The highest BCUT2D eigenvalue weighted by atomic mass is 16.5. The number of nitrogens with one attached hydrogen (secondary N) is 1. The van der Waals surface area contributed by atoms with E-state index in [-0.39, 0.29) is 11.4 Å². The van der Waals surface area contributed by atoms with Crippen molar-refractivity contribution in [3.63, 3.8) is 0 Å². The number of anilines is 1. The second-order valence-electron chi connectivity index (χ2n) is 5.89. The summed E-state index contributed by atoms with van der Waals surface area (Å²) in [6.45, 7) is 7.47. The van der Waals surface area contributed by atoms with Crippen molar-refractivity contribution in [1.29, 1.82) is 5.26 Å². The minimum atomic E-state index is -0.280. The van der Waals surface area contributed by atoms with Gasteiger partial charge < -0.3 is 10.1 Å². The summed E-state index contributed by atoms with van der Waals surface area (Å²) in [5, 5.41) is 12.0. The summed E-state index contributed by atoms with van der Waals surface area (Å²) in [6, 6.07) is 9.47. The fourth-order valence-electron chi connectivity index (χ4n) is 1.83. The summed E-state index contributed by atoms with van der Waals surface area (Å²) in [7, 11) is 0. The summed E-state index contributed by atoms with van der Waals surface area (Å²) in [5.41, 5.74) is 1.60. The first kappa shape index (κ1) is 17.0. The molecule has 0 amide bonds. The van der Waals surface area contributed by atoms with Crippen LogP contribution in [0.2, 0.25) is 0 Å². The van der Waals surface area contributed by atoms with Gasteiger partial charge in [-0.3, -0.25) is 0 Å². The van der Waals surface area contributed by atoms with E-state index in [0.717, 1.165) is 25.1 Å². The molecule has 0 aliphatic heterocycles. The van der Waals surface area contributed by atoms with Crippen LogP contribution in [0, 0.1) is 16.7 Å². The van der Waals surface area contributed by atoms with Crippen LogP contribution in [0.15, 0.2) is 24.3 Å². The average Bonchev–Trinajstić information content (AvgIpc) is 2.49. The molecule has 1 N–H and O–H groups in total. The predicted molar refractivity (Wildman–Crippen MR) is 84.1 cm³/mol. The third-order valence-corrected chi connectivity index (χ3v) is 3.24. The minimum Gasteiger partial charge on any atom is -0.462 e. The van der Waals surface area contributed by atoms with Crippen LogP contribution in [0.4, 0.5) is 5.69 Å². The Morgan fingerprint density at radius 1 is 1.33 bits per heavy atom. The molecule has 1 aromatic rings. The summed E-state index contributed by atoms with van der Waals surface area (Å²) >= 11 is 0. The predicted octanol–water partition coefficient (Wildman–Crippen LogP) is 4.00. The highest BCUT2D eigenvalue weighted by Gasteiger charge is 2.17. The number of nitrogens with zero attached hydrogens (tertiary/aromatic N) is 1. The normalized spacial score (nSPS) is 10.8. The monoisotopic (exact) mass is 288 g/mol. The highest BCUT2D eigenvalue weighted by molar-refractivity contribution is 5.89. The third kappa shape index (κ3) is 6.31. The van der Waals surface area contributed by atoms with Gasteiger partial charge in [-0.25, -0.2) is 4.79 Å². The first-order valence-electron chi connectivity index (χ1n) is 7.36. The lowest BCUT2D eigenvalue weighted by Gasteiger charge is -2.24. The lowest BCUT2D eigenvalue weighted by atomic mass is 9.88. The van der Waals surface area contributed by atoms with Crippen LogP contribution in [0.3, 0.4) is 0 Å².